The lowest BCUT2D eigenvalue weighted by molar-refractivity contribution is 0.167. The van der Waals surface area contributed by atoms with Crippen LogP contribution in [-0.2, 0) is 6.42 Å². The molecular formula is C14H13ClFNO2. The number of rotatable bonds is 4. The molecule has 0 aliphatic heterocycles. The Morgan fingerprint density at radius 3 is 2.84 bits per heavy atom. The SMILES string of the molecule is COc1cccnc1C(O)Cc1c(F)cccc1Cl. The Morgan fingerprint density at radius 1 is 1.37 bits per heavy atom. The molecule has 0 aliphatic rings. The fourth-order valence-electron chi connectivity index (χ4n) is 1.84. The van der Waals surface area contributed by atoms with Crippen LogP contribution in [0.25, 0.3) is 0 Å². The van der Waals surface area contributed by atoms with Crippen molar-refractivity contribution in [3.05, 3.63) is 58.6 Å². The standard InChI is InChI=1S/C14H13ClFNO2/c1-19-13-6-3-7-17-14(13)12(18)8-9-10(15)4-2-5-11(9)16/h2-7,12,18H,8H2,1H3. The first-order valence-corrected chi connectivity index (χ1v) is 6.11. The molecule has 2 rings (SSSR count). The molecule has 0 saturated heterocycles. The van der Waals surface area contributed by atoms with Gasteiger partial charge in [-0.1, -0.05) is 17.7 Å². The highest BCUT2D eigenvalue weighted by Crippen LogP contribution is 2.28. The number of ether oxygens (including phenoxy) is 1. The number of benzene rings is 1. The second-order valence-corrected chi connectivity index (χ2v) is 4.42. The van der Waals surface area contributed by atoms with Crippen LogP contribution in [0.5, 0.6) is 5.75 Å². The highest BCUT2D eigenvalue weighted by molar-refractivity contribution is 6.31. The lowest BCUT2D eigenvalue weighted by atomic mass is 10.0. The van der Waals surface area contributed by atoms with Crippen LogP contribution < -0.4 is 4.74 Å². The summed E-state index contributed by atoms with van der Waals surface area (Å²) in [6.45, 7) is 0. The summed E-state index contributed by atoms with van der Waals surface area (Å²) in [4.78, 5) is 4.06. The second kappa shape index (κ2) is 5.99. The number of aromatic nitrogens is 1. The van der Waals surface area contributed by atoms with E-state index in [1.165, 1.54) is 19.2 Å². The van der Waals surface area contributed by atoms with Gasteiger partial charge in [0.05, 0.1) is 7.11 Å². The van der Waals surface area contributed by atoms with Gasteiger partial charge in [-0.3, -0.25) is 4.98 Å². The molecular weight excluding hydrogens is 269 g/mol. The Bertz CT molecular complexity index is 557. The zero-order valence-electron chi connectivity index (χ0n) is 10.3. The molecule has 0 spiro atoms. The van der Waals surface area contributed by atoms with E-state index in [1.54, 1.807) is 24.4 Å². The van der Waals surface area contributed by atoms with Crippen LogP contribution in [0.1, 0.15) is 17.4 Å². The van der Waals surface area contributed by atoms with Gasteiger partial charge in [-0.15, -0.1) is 0 Å². The number of hydrogen-bond donors (Lipinski definition) is 1. The highest BCUT2D eigenvalue weighted by Gasteiger charge is 2.18. The lowest BCUT2D eigenvalue weighted by Crippen LogP contribution is -2.08. The maximum absolute atomic E-state index is 13.7. The normalized spacial score (nSPS) is 12.2. The average Bonchev–Trinajstić information content (AvgIpc) is 2.42. The summed E-state index contributed by atoms with van der Waals surface area (Å²) in [7, 11) is 1.49. The van der Waals surface area contributed by atoms with E-state index in [9.17, 15) is 9.50 Å². The molecule has 1 unspecified atom stereocenters. The van der Waals surface area contributed by atoms with Crippen LogP contribution in [0.2, 0.25) is 5.02 Å². The molecule has 1 heterocycles. The van der Waals surface area contributed by atoms with Crippen molar-refractivity contribution in [2.45, 2.75) is 12.5 Å². The fraction of sp³-hybridized carbons (Fsp3) is 0.214. The van der Waals surface area contributed by atoms with Crippen molar-refractivity contribution in [3.8, 4) is 5.75 Å². The van der Waals surface area contributed by atoms with Gasteiger partial charge in [0.1, 0.15) is 23.4 Å². The predicted molar refractivity (Wildman–Crippen MR) is 70.9 cm³/mol. The predicted octanol–water partition coefficient (Wildman–Crippen LogP) is 3.16. The van der Waals surface area contributed by atoms with Crippen LogP contribution >= 0.6 is 11.6 Å². The molecule has 1 N–H and O–H groups in total. The van der Waals surface area contributed by atoms with E-state index in [2.05, 4.69) is 4.98 Å². The first-order valence-electron chi connectivity index (χ1n) is 5.73. The Kier molecular flexibility index (Phi) is 4.35. The fourth-order valence-corrected chi connectivity index (χ4v) is 2.08. The van der Waals surface area contributed by atoms with Crippen LogP contribution in [0.4, 0.5) is 4.39 Å². The molecule has 2 aromatic rings. The molecule has 1 atom stereocenters. The monoisotopic (exact) mass is 281 g/mol. The quantitative estimate of drug-likeness (QED) is 0.936. The van der Waals surface area contributed by atoms with Gasteiger partial charge in [-0.05, 0) is 24.3 Å². The van der Waals surface area contributed by atoms with Gasteiger partial charge in [-0.2, -0.15) is 0 Å². The topological polar surface area (TPSA) is 42.4 Å². The largest absolute Gasteiger partial charge is 0.495 e. The first-order chi connectivity index (χ1) is 9.13. The zero-order chi connectivity index (χ0) is 13.8. The maximum Gasteiger partial charge on any atom is 0.143 e. The van der Waals surface area contributed by atoms with Gasteiger partial charge in [0.2, 0.25) is 0 Å². The van der Waals surface area contributed by atoms with Crippen molar-refractivity contribution in [1.82, 2.24) is 4.98 Å². The van der Waals surface area contributed by atoms with Crippen molar-refractivity contribution < 1.29 is 14.2 Å². The molecule has 0 aliphatic carbocycles. The molecule has 19 heavy (non-hydrogen) atoms. The summed E-state index contributed by atoms with van der Waals surface area (Å²) >= 11 is 5.93. The van der Waals surface area contributed by atoms with Gasteiger partial charge in [0.15, 0.2) is 0 Å². The summed E-state index contributed by atoms with van der Waals surface area (Å²) in [5.41, 5.74) is 0.633. The molecule has 5 heteroatoms. The van der Waals surface area contributed by atoms with Crippen LogP contribution in [0.15, 0.2) is 36.5 Å². The molecule has 0 amide bonds. The van der Waals surface area contributed by atoms with Gasteiger partial charge in [0, 0.05) is 23.2 Å². The molecule has 1 aromatic heterocycles. The number of methoxy groups -OCH3 is 1. The maximum atomic E-state index is 13.7. The van der Waals surface area contributed by atoms with Crippen molar-refractivity contribution >= 4 is 11.6 Å². The minimum absolute atomic E-state index is 0.0406. The Hall–Kier alpha value is -1.65. The Balaban J connectivity index is 2.28. The number of hydrogen-bond acceptors (Lipinski definition) is 3. The summed E-state index contributed by atoms with van der Waals surface area (Å²) in [5, 5.41) is 10.5. The van der Waals surface area contributed by atoms with Crippen LogP contribution in [0, 0.1) is 5.82 Å². The molecule has 0 bridgehead atoms. The van der Waals surface area contributed by atoms with E-state index < -0.39 is 11.9 Å². The second-order valence-electron chi connectivity index (χ2n) is 4.01. The minimum atomic E-state index is -0.981. The zero-order valence-corrected chi connectivity index (χ0v) is 11.1. The van der Waals surface area contributed by atoms with Crippen molar-refractivity contribution in [3.63, 3.8) is 0 Å². The van der Waals surface area contributed by atoms with Gasteiger partial charge in [-0.25, -0.2) is 4.39 Å². The third kappa shape index (κ3) is 3.03. The number of nitrogens with zero attached hydrogens (tertiary/aromatic N) is 1. The average molecular weight is 282 g/mol. The summed E-state index contributed by atoms with van der Waals surface area (Å²) < 4.78 is 18.8. The van der Waals surface area contributed by atoms with E-state index in [0.717, 1.165) is 0 Å². The third-order valence-corrected chi connectivity index (χ3v) is 3.15. The molecule has 3 nitrogen and oxygen atoms in total. The smallest absolute Gasteiger partial charge is 0.143 e. The van der Waals surface area contributed by atoms with E-state index in [4.69, 9.17) is 16.3 Å². The number of halogens is 2. The van der Waals surface area contributed by atoms with E-state index in [-0.39, 0.29) is 17.0 Å². The van der Waals surface area contributed by atoms with Crippen LogP contribution in [0.3, 0.4) is 0 Å². The van der Waals surface area contributed by atoms with E-state index in [0.29, 0.717) is 11.4 Å². The summed E-state index contributed by atoms with van der Waals surface area (Å²) in [6.07, 6.45) is 0.605. The lowest BCUT2D eigenvalue weighted by Gasteiger charge is -2.14. The van der Waals surface area contributed by atoms with Crippen LogP contribution in [-0.4, -0.2) is 17.2 Å². The number of aliphatic hydroxyl groups is 1. The van der Waals surface area contributed by atoms with Gasteiger partial charge < -0.3 is 9.84 Å². The van der Waals surface area contributed by atoms with Gasteiger partial charge >= 0.3 is 0 Å². The van der Waals surface area contributed by atoms with E-state index in [1.807, 2.05) is 0 Å². The molecule has 0 radical (unpaired) electrons. The van der Waals surface area contributed by atoms with Crippen molar-refractivity contribution in [2.24, 2.45) is 0 Å². The minimum Gasteiger partial charge on any atom is -0.495 e. The molecule has 1 aromatic carbocycles. The first kappa shape index (κ1) is 13.8. The third-order valence-electron chi connectivity index (χ3n) is 2.79. The Labute approximate surface area is 115 Å². The van der Waals surface area contributed by atoms with Crippen molar-refractivity contribution in [1.29, 1.82) is 0 Å². The van der Waals surface area contributed by atoms with E-state index >= 15 is 0 Å². The summed E-state index contributed by atoms with van der Waals surface area (Å²) in [6, 6.07) is 7.81. The molecule has 0 fully saturated rings. The molecule has 0 saturated carbocycles. The number of aliphatic hydroxyl groups excluding tert-OH is 1. The molecule has 100 valence electrons. The summed E-state index contributed by atoms with van der Waals surface area (Å²) in [5.74, 6) is 0.0175. The van der Waals surface area contributed by atoms with Crippen molar-refractivity contribution in [2.75, 3.05) is 7.11 Å². The Morgan fingerprint density at radius 2 is 2.16 bits per heavy atom. The number of pyridine rings is 1. The van der Waals surface area contributed by atoms with Gasteiger partial charge in [0.25, 0.3) is 0 Å². The highest BCUT2D eigenvalue weighted by atomic mass is 35.5.